The molecule has 1 saturated heterocycles. The molecule has 1 aliphatic rings. The summed E-state index contributed by atoms with van der Waals surface area (Å²) in [6, 6.07) is 9.81. The first-order valence-corrected chi connectivity index (χ1v) is 10.8. The Hall–Kier alpha value is -2.43. The number of nitrogens with zero attached hydrogens (tertiary/aromatic N) is 2. The van der Waals surface area contributed by atoms with E-state index in [0.29, 0.717) is 12.6 Å². The molecule has 2 aromatic carbocycles. The highest BCUT2D eigenvalue weighted by Crippen LogP contribution is 2.30. The van der Waals surface area contributed by atoms with E-state index in [0.717, 1.165) is 49.9 Å². The summed E-state index contributed by atoms with van der Waals surface area (Å²) >= 11 is 0. The molecule has 2 aromatic rings. The molecule has 1 heterocycles. The van der Waals surface area contributed by atoms with Gasteiger partial charge in [0.05, 0.1) is 10.5 Å². The summed E-state index contributed by atoms with van der Waals surface area (Å²) in [5, 5.41) is 0. The van der Waals surface area contributed by atoms with Crippen LogP contribution in [-0.4, -0.2) is 57.4 Å². The van der Waals surface area contributed by atoms with Crippen molar-refractivity contribution < 1.29 is 26.4 Å². The van der Waals surface area contributed by atoms with Gasteiger partial charge in [-0.1, -0.05) is 18.2 Å². The van der Waals surface area contributed by atoms with Gasteiger partial charge in [-0.2, -0.15) is 13.2 Å². The van der Waals surface area contributed by atoms with Crippen molar-refractivity contribution in [2.75, 3.05) is 33.2 Å². The van der Waals surface area contributed by atoms with Crippen molar-refractivity contribution >= 4 is 15.9 Å². The second-order valence-electron chi connectivity index (χ2n) is 7.24. The summed E-state index contributed by atoms with van der Waals surface area (Å²) in [5.41, 5.74) is -0.132. The number of carbonyl (C=O) groups is 1. The van der Waals surface area contributed by atoms with Gasteiger partial charge in [-0.3, -0.25) is 9.69 Å². The maximum atomic E-state index is 12.9. The molecule has 1 N–H and O–H groups in total. The van der Waals surface area contributed by atoms with Crippen molar-refractivity contribution in [1.82, 2.24) is 14.5 Å². The van der Waals surface area contributed by atoms with Gasteiger partial charge in [0.15, 0.2) is 0 Å². The first kappa shape index (κ1) is 22.3. The zero-order valence-corrected chi connectivity index (χ0v) is 17.1. The summed E-state index contributed by atoms with van der Waals surface area (Å²) in [7, 11) is -2.40. The number of carbonyl (C=O) groups excluding carboxylic acids is 1. The van der Waals surface area contributed by atoms with Crippen LogP contribution in [0.4, 0.5) is 13.2 Å². The lowest BCUT2D eigenvalue weighted by Gasteiger charge is -2.32. The highest BCUT2D eigenvalue weighted by atomic mass is 32.2. The number of rotatable bonds is 5. The number of amides is 1. The molecule has 0 aromatic heterocycles. The molecule has 0 aliphatic carbocycles. The zero-order chi connectivity index (χ0) is 21.9. The Balaban J connectivity index is 1.72. The van der Waals surface area contributed by atoms with Crippen LogP contribution < -0.4 is 4.72 Å². The number of sulfonamides is 1. The molecule has 0 bridgehead atoms. The summed E-state index contributed by atoms with van der Waals surface area (Å²) in [6.07, 6.45) is -4.69. The van der Waals surface area contributed by atoms with Gasteiger partial charge >= 0.3 is 6.18 Å². The van der Waals surface area contributed by atoms with Crippen LogP contribution >= 0.6 is 0 Å². The smallest absolute Gasteiger partial charge is 0.304 e. The Morgan fingerprint density at radius 3 is 2.37 bits per heavy atom. The number of hydrogen-bond acceptors (Lipinski definition) is 5. The second-order valence-corrected chi connectivity index (χ2v) is 8.92. The minimum absolute atomic E-state index is 0.122. The topological polar surface area (TPSA) is 69.7 Å². The van der Waals surface area contributed by atoms with Gasteiger partial charge in [0.1, 0.15) is 0 Å². The maximum Gasteiger partial charge on any atom is 0.416 e. The Kier molecular flexibility index (Phi) is 6.49. The molecule has 1 fully saturated rings. The van der Waals surface area contributed by atoms with Crippen molar-refractivity contribution in [1.29, 1.82) is 0 Å². The van der Waals surface area contributed by atoms with Crippen LogP contribution in [0.15, 0.2) is 53.4 Å². The first-order valence-electron chi connectivity index (χ1n) is 9.29. The van der Waals surface area contributed by atoms with Gasteiger partial charge in [0, 0.05) is 38.3 Å². The highest BCUT2D eigenvalue weighted by molar-refractivity contribution is 7.90. The predicted octanol–water partition coefficient (Wildman–Crippen LogP) is 2.57. The fourth-order valence-corrected chi connectivity index (χ4v) is 4.17. The van der Waals surface area contributed by atoms with Gasteiger partial charge < -0.3 is 4.90 Å². The van der Waals surface area contributed by atoms with Gasteiger partial charge in [-0.25, -0.2) is 13.1 Å². The third kappa shape index (κ3) is 5.59. The Bertz CT molecular complexity index is 1020. The third-order valence-corrected chi connectivity index (χ3v) is 6.22. The molecule has 162 valence electrons. The van der Waals surface area contributed by atoms with Crippen molar-refractivity contribution in [3.05, 3.63) is 65.2 Å². The highest BCUT2D eigenvalue weighted by Gasteiger charge is 2.32. The van der Waals surface area contributed by atoms with Crippen molar-refractivity contribution in [2.45, 2.75) is 17.6 Å². The van der Waals surface area contributed by atoms with E-state index in [1.54, 1.807) is 12.1 Å². The van der Waals surface area contributed by atoms with Crippen LogP contribution in [0, 0.1) is 0 Å². The minimum atomic E-state index is -4.69. The number of hydrogen-bond donors (Lipinski definition) is 1. The Morgan fingerprint density at radius 2 is 1.70 bits per heavy atom. The fourth-order valence-electron chi connectivity index (χ4n) is 3.15. The monoisotopic (exact) mass is 441 g/mol. The van der Waals surface area contributed by atoms with E-state index in [2.05, 4.69) is 9.80 Å². The van der Waals surface area contributed by atoms with Crippen molar-refractivity contribution in [3.63, 3.8) is 0 Å². The van der Waals surface area contributed by atoms with E-state index >= 15 is 0 Å². The molecular weight excluding hydrogens is 419 g/mol. The van der Waals surface area contributed by atoms with Crippen molar-refractivity contribution in [3.8, 4) is 0 Å². The molecule has 0 atom stereocenters. The zero-order valence-electron chi connectivity index (χ0n) is 16.3. The standard InChI is InChI=1S/C20H22F3N3O3S/c1-25-8-10-26(11-9-25)14-15-4-2-5-16(12-15)19(27)24-30(28,29)18-7-3-6-17(13-18)20(21,22)23/h2-7,12-13H,8-11,14H2,1H3,(H,24,27). The van der Waals surface area contributed by atoms with E-state index in [9.17, 15) is 26.4 Å². The molecule has 30 heavy (non-hydrogen) atoms. The van der Waals surface area contributed by atoms with E-state index in [4.69, 9.17) is 0 Å². The van der Waals surface area contributed by atoms with Crippen molar-refractivity contribution in [2.24, 2.45) is 0 Å². The van der Waals surface area contributed by atoms with Gasteiger partial charge in [-0.05, 0) is 42.9 Å². The lowest BCUT2D eigenvalue weighted by molar-refractivity contribution is -0.137. The summed E-state index contributed by atoms with van der Waals surface area (Å²) in [4.78, 5) is 16.3. The van der Waals surface area contributed by atoms with Crippen LogP contribution in [0.25, 0.3) is 0 Å². The van der Waals surface area contributed by atoms with Gasteiger partial charge in [0.2, 0.25) is 0 Å². The van der Waals surface area contributed by atoms with Crippen LogP contribution in [0.5, 0.6) is 0 Å². The second kappa shape index (κ2) is 8.75. The quantitative estimate of drug-likeness (QED) is 0.773. The fraction of sp³-hybridized carbons (Fsp3) is 0.350. The Labute approximate surface area is 173 Å². The van der Waals surface area contributed by atoms with Crippen LogP contribution in [0.3, 0.4) is 0 Å². The number of likely N-dealkylation sites (N-methyl/N-ethyl adjacent to an activating group) is 1. The van der Waals surface area contributed by atoms with E-state index in [1.165, 1.54) is 6.07 Å². The molecular formula is C20H22F3N3O3S. The molecule has 1 aliphatic heterocycles. The summed E-state index contributed by atoms with van der Waals surface area (Å²) in [6.45, 7) is 4.27. The number of piperazine rings is 1. The molecule has 10 heteroatoms. The van der Waals surface area contributed by atoms with E-state index in [1.807, 2.05) is 17.8 Å². The summed E-state index contributed by atoms with van der Waals surface area (Å²) in [5.74, 6) is -0.896. The van der Waals surface area contributed by atoms with E-state index < -0.39 is 32.6 Å². The predicted molar refractivity (Wildman–Crippen MR) is 105 cm³/mol. The largest absolute Gasteiger partial charge is 0.416 e. The van der Waals surface area contributed by atoms with Crippen LogP contribution in [0.1, 0.15) is 21.5 Å². The lowest BCUT2D eigenvalue weighted by atomic mass is 10.1. The Morgan fingerprint density at radius 1 is 1.03 bits per heavy atom. The number of alkyl halides is 3. The average Bonchev–Trinajstić information content (AvgIpc) is 2.69. The first-order chi connectivity index (χ1) is 14.0. The van der Waals surface area contributed by atoms with Gasteiger partial charge in [0.25, 0.3) is 15.9 Å². The molecule has 0 unspecified atom stereocenters. The molecule has 0 radical (unpaired) electrons. The molecule has 1 amide bonds. The van der Waals surface area contributed by atoms with Crippen LogP contribution in [-0.2, 0) is 22.7 Å². The number of halogens is 3. The third-order valence-electron chi connectivity index (χ3n) is 4.89. The number of benzene rings is 2. The molecule has 3 rings (SSSR count). The summed E-state index contributed by atoms with van der Waals surface area (Å²) < 4.78 is 65.2. The number of nitrogens with one attached hydrogen (secondary N) is 1. The normalized spacial score (nSPS) is 16.4. The average molecular weight is 441 g/mol. The minimum Gasteiger partial charge on any atom is -0.304 e. The molecule has 6 nitrogen and oxygen atoms in total. The van der Waals surface area contributed by atoms with E-state index in [-0.39, 0.29) is 5.56 Å². The molecule has 0 spiro atoms. The van der Waals surface area contributed by atoms with Gasteiger partial charge in [-0.15, -0.1) is 0 Å². The molecule has 0 saturated carbocycles. The lowest BCUT2D eigenvalue weighted by Crippen LogP contribution is -2.43. The maximum absolute atomic E-state index is 12.9. The SMILES string of the molecule is CN1CCN(Cc2cccc(C(=O)NS(=O)(=O)c3cccc(C(F)(F)F)c3)c2)CC1. The van der Waals surface area contributed by atoms with Crippen LogP contribution in [0.2, 0.25) is 0 Å².